The van der Waals surface area contributed by atoms with Crippen LogP contribution in [-0.4, -0.2) is 10.2 Å². The lowest BCUT2D eigenvalue weighted by Gasteiger charge is -2.10. The first kappa shape index (κ1) is 18.9. The van der Waals surface area contributed by atoms with Gasteiger partial charge in [0.1, 0.15) is 16.6 Å². The van der Waals surface area contributed by atoms with Crippen LogP contribution in [0.5, 0.6) is 0 Å². The van der Waals surface area contributed by atoms with Crippen LogP contribution in [0.25, 0.3) is 44.3 Å². The van der Waals surface area contributed by atoms with E-state index in [2.05, 4.69) is 16.1 Å². The van der Waals surface area contributed by atoms with Crippen molar-refractivity contribution in [3.05, 3.63) is 94.9 Å². The van der Waals surface area contributed by atoms with Crippen molar-refractivity contribution >= 4 is 33.3 Å². The number of fused-ring (bicyclic) bond motifs is 2. The van der Waals surface area contributed by atoms with Crippen LogP contribution in [0.4, 0.5) is 0 Å². The van der Waals surface area contributed by atoms with E-state index in [1.54, 1.807) is 6.20 Å². The molecule has 0 radical (unpaired) electrons. The van der Waals surface area contributed by atoms with Crippen LogP contribution in [0, 0.1) is 12.3 Å². The molecular weight excluding hydrogens is 408 g/mol. The average molecular weight is 423 g/mol. The fourth-order valence-electron chi connectivity index (χ4n) is 3.69. The van der Waals surface area contributed by atoms with E-state index in [1.807, 2.05) is 72.8 Å². The minimum absolute atomic E-state index is 0.263. The zero-order valence-corrected chi connectivity index (χ0v) is 17.0. The first-order chi connectivity index (χ1) is 15.2. The Kier molecular flexibility index (Phi) is 4.66. The quantitative estimate of drug-likeness (QED) is 0.208. The van der Waals surface area contributed by atoms with Crippen molar-refractivity contribution in [2.75, 3.05) is 0 Å². The largest absolute Gasteiger partial charge is 0.453 e. The molecule has 0 saturated heterocycles. The number of nitrogens with zero attached hydrogens (tertiary/aromatic N) is 2. The molecule has 5 rings (SSSR count). The van der Waals surface area contributed by atoms with Gasteiger partial charge in [-0.15, -0.1) is 6.42 Å². The number of pyridine rings is 1. The summed E-state index contributed by atoms with van der Waals surface area (Å²) in [6.07, 6.45) is 7.55. The van der Waals surface area contributed by atoms with Gasteiger partial charge in [-0.25, -0.2) is 0 Å². The summed E-state index contributed by atoms with van der Waals surface area (Å²) in [5.74, 6) is 2.97. The van der Waals surface area contributed by atoms with Gasteiger partial charge >= 0.3 is 0 Å². The van der Waals surface area contributed by atoms with Crippen molar-refractivity contribution in [1.29, 1.82) is 0 Å². The Morgan fingerprint density at radius 2 is 1.74 bits per heavy atom. The Hall–Kier alpha value is -4.07. The van der Waals surface area contributed by atoms with E-state index in [9.17, 15) is 5.21 Å². The summed E-state index contributed by atoms with van der Waals surface area (Å²) < 4.78 is 6.24. The van der Waals surface area contributed by atoms with E-state index in [4.69, 9.17) is 22.4 Å². The molecule has 0 atom stereocenters. The summed E-state index contributed by atoms with van der Waals surface area (Å²) in [7, 11) is 0. The van der Waals surface area contributed by atoms with Gasteiger partial charge < -0.3 is 9.62 Å². The molecule has 0 aliphatic carbocycles. The number of halogens is 1. The van der Waals surface area contributed by atoms with Gasteiger partial charge in [-0.05, 0) is 35.2 Å². The second-order valence-corrected chi connectivity index (χ2v) is 7.41. The average Bonchev–Trinajstić information content (AvgIpc) is 2.82. The normalized spacial score (nSPS) is 11.7. The molecule has 2 aromatic heterocycles. The molecule has 2 heterocycles. The van der Waals surface area contributed by atoms with Crippen LogP contribution < -0.4 is 5.36 Å². The molecule has 5 heteroatoms. The van der Waals surface area contributed by atoms with Crippen LogP contribution >= 0.6 is 11.6 Å². The number of benzene rings is 3. The fraction of sp³-hybridized carbons (Fsp3) is 0. The lowest BCUT2D eigenvalue weighted by molar-refractivity contribution is 0.302. The maximum Gasteiger partial charge on any atom is 0.171 e. The van der Waals surface area contributed by atoms with Crippen molar-refractivity contribution in [3.8, 4) is 34.9 Å². The van der Waals surface area contributed by atoms with Gasteiger partial charge in [-0.1, -0.05) is 71.2 Å². The van der Waals surface area contributed by atoms with Crippen LogP contribution in [-0.2, 0) is 0 Å². The van der Waals surface area contributed by atoms with E-state index in [0.29, 0.717) is 33.0 Å². The molecule has 0 saturated carbocycles. The fourth-order valence-corrected chi connectivity index (χ4v) is 3.94. The molecule has 1 N–H and O–H groups in total. The topological polar surface area (TPSA) is 58.6 Å². The van der Waals surface area contributed by atoms with Gasteiger partial charge in [0.05, 0.1) is 5.56 Å². The van der Waals surface area contributed by atoms with E-state index in [1.165, 1.54) is 0 Å². The number of terminal acetylenes is 1. The molecular formula is C26H15ClN2O2. The standard InChI is InChI=1S/C26H15ClN2O2/c1-2-19-25(29-30)21-12-11-17(20-9-5-6-10-22(20)27)14-24(21)31-26(19)23-13-16-7-3-4-8-18(16)15-28-23/h1,3-15,30H/b29-25-. The predicted octanol–water partition coefficient (Wildman–Crippen LogP) is 6.24. The minimum atomic E-state index is 0.263. The predicted molar refractivity (Wildman–Crippen MR) is 123 cm³/mol. The summed E-state index contributed by atoms with van der Waals surface area (Å²) in [5.41, 5.74) is 3.14. The highest BCUT2D eigenvalue weighted by molar-refractivity contribution is 6.33. The lowest BCUT2D eigenvalue weighted by atomic mass is 10.0. The third kappa shape index (κ3) is 3.22. The molecule has 3 aromatic carbocycles. The first-order valence-corrected chi connectivity index (χ1v) is 9.93. The summed E-state index contributed by atoms with van der Waals surface area (Å²) in [4.78, 5) is 4.53. The van der Waals surface area contributed by atoms with Crippen molar-refractivity contribution in [1.82, 2.24) is 4.98 Å². The Morgan fingerprint density at radius 1 is 0.968 bits per heavy atom. The van der Waals surface area contributed by atoms with Gasteiger partial charge in [0, 0.05) is 27.6 Å². The molecule has 0 aliphatic heterocycles. The van der Waals surface area contributed by atoms with Gasteiger partial charge in [0.15, 0.2) is 5.76 Å². The molecule has 148 valence electrons. The highest BCUT2D eigenvalue weighted by Gasteiger charge is 2.16. The maximum atomic E-state index is 9.77. The van der Waals surface area contributed by atoms with E-state index in [0.717, 1.165) is 21.9 Å². The Labute approximate surface area is 183 Å². The van der Waals surface area contributed by atoms with Gasteiger partial charge in [-0.2, -0.15) is 0 Å². The second-order valence-electron chi connectivity index (χ2n) is 7.01. The zero-order valence-electron chi connectivity index (χ0n) is 16.2. The summed E-state index contributed by atoms with van der Waals surface area (Å²) >= 11 is 6.37. The second kappa shape index (κ2) is 7.64. The van der Waals surface area contributed by atoms with Crippen LogP contribution in [0.3, 0.4) is 0 Å². The molecule has 0 amide bonds. The van der Waals surface area contributed by atoms with Crippen LogP contribution in [0.2, 0.25) is 5.02 Å². The smallest absolute Gasteiger partial charge is 0.171 e. The van der Waals surface area contributed by atoms with Gasteiger partial charge in [-0.3, -0.25) is 4.98 Å². The van der Waals surface area contributed by atoms with Crippen molar-refractivity contribution in [2.24, 2.45) is 5.16 Å². The third-order valence-corrected chi connectivity index (χ3v) is 5.53. The Morgan fingerprint density at radius 3 is 2.52 bits per heavy atom. The van der Waals surface area contributed by atoms with E-state index in [-0.39, 0.29) is 5.36 Å². The van der Waals surface area contributed by atoms with Crippen molar-refractivity contribution < 1.29 is 9.62 Å². The van der Waals surface area contributed by atoms with Gasteiger partial charge in [0.2, 0.25) is 0 Å². The maximum absolute atomic E-state index is 9.77. The van der Waals surface area contributed by atoms with Crippen molar-refractivity contribution in [3.63, 3.8) is 0 Å². The zero-order chi connectivity index (χ0) is 21.4. The molecule has 31 heavy (non-hydrogen) atoms. The van der Waals surface area contributed by atoms with Gasteiger partial charge in [0.25, 0.3) is 0 Å². The first-order valence-electron chi connectivity index (χ1n) is 9.55. The number of rotatable bonds is 2. The summed E-state index contributed by atoms with van der Waals surface area (Å²) in [6, 6.07) is 22.9. The molecule has 0 fully saturated rings. The SMILES string of the molecule is C#Cc1c(-c2cc3ccccc3cn2)oc2cc(-c3ccccc3Cl)ccc2/c1=N\O. The highest BCUT2D eigenvalue weighted by atomic mass is 35.5. The van der Waals surface area contributed by atoms with Crippen LogP contribution in [0.15, 0.2) is 88.6 Å². The molecule has 0 unspecified atom stereocenters. The van der Waals surface area contributed by atoms with Crippen LogP contribution in [0.1, 0.15) is 5.56 Å². The molecule has 0 aliphatic rings. The monoisotopic (exact) mass is 422 g/mol. The number of hydrogen-bond donors (Lipinski definition) is 1. The summed E-state index contributed by atoms with van der Waals surface area (Å²) in [5, 5.41) is 16.7. The molecule has 0 spiro atoms. The molecule has 5 aromatic rings. The Balaban J connectivity index is 1.81. The number of hydrogen-bond acceptors (Lipinski definition) is 4. The minimum Gasteiger partial charge on any atom is -0.453 e. The number of aromatic nitrogens is 1. The molecule has 0 bridgehead atoms. The lowest BCUT2D eigenvalue weighted by Crippen LogP contribution is -2.11. The summed E-state index contributed by atoms with van der Waals surface area (Å²) in [6.45, 7) is 0. The van der Waals surface area contributed by atoms with E-state index < -0.39 is 0 Å². The van der Waals surface area contributed by atoms with Crippen molar-refractivity contribution in [2.45, 2.75) is 0 Å². The third-order valence-electron chi connectivity index (χ3n) is 5.21. The van der Waals surface area contributed by atoms with E-state index >= 15 is 0 Å². The highest BCUT2D eigenvalue weighted by Crippen LogP contribution is 2.32. The Bertz CT molecular complexity index is 1580. The molecule has 4 nitrogen and oxygen atoms in total.